The zero-order valence-electron chi connectivity index (χ0n) is 12.0. The number of ether oxygens (including phenoxy) is 1. The van der Waals surface area contributed by atoms with Gasteiger partial charge in [0.1, 0.15) is 5.15 Å². The number of hydrogen-bond donors (Lipinski definition) is 1. The van der Waals surface area contributed by atoms with Crippen LogP contribution >= 0.6 is 11.6 Å². The van der Waals surface area contributed by atoms with Crippen molar-refractivity contribution in [1.29, 1.82) is 0 Å². The lowest BCUT2D eigenvalue weighted by molar-refractivity contribution is 0.385. The smallest absolute Gasteiger partial charge is 0.165 e. The van der Waals surface area contributed by atoms with Gasteiger partial charge in [0, 0.05) is 25.2 Å². The molecular formula is C15H17ClFN3O. The van der Waals surface area contributed by atoms with Crippen molar-refractivity contribution in [2.24, 2.45) is 7.05 Å². The monoisotopic (exact) mass is 309 g/mol. The van der Waals surface area contributed by atoms with Crippen molar-refractivity contribution >= 4 is 11.6 Å². The van der Waals surface area contributed by atoms with Crippen LogP contribution in [0.2, 0.25) is 5.15 Å². The summed E-state index contributed by atoms with van der Waals surface area (Å²) in [5.41, 5.74) is 3.11. The van der Waals surface area contributed by atoms with E-state index in [1.165, 1.54) is 7.11 Å². The van der Waals surface area contributed by atoms with Crippen molar-refractivity contribution in [2.75, 3.05) is 7.11 Å². The molecule has 0 saturated carbocycles. The Morgan fingerprint density at radius 1 is 1.52 bits per heavy atom. The van der Waals surface area contributed by atoms with Gasteiger partial charge in [0.15, 0.2) is 11.6 Å². The lowest BCUT2D eigenvalue weighted by atomic mass is 10.1. The van der Waals surface area contributed by atoms with Crippen molar-refractivity contribution in [3.63, 3.8) is 0 Å². The first-order valence-electron chi connectivity index (χ1n) is 6.86. The zero-order chi connectivity index (χ0) is 15.0. The molecule has 1 N–H and O–H groups in total. The second-order valence-corrected chi connectivity index (χ2v) is 5.60. The van der Waals surface area contributed by atoms with E-state index in [2.05, 4.69) is 10.4 Å². The molecule has 0 bridgehead atoms. The van der Waals surface area contributed by atoms with Crippen LogP contribution in [0.15, 0.2) is 18.3 Å². The molecule has 2 aromatic rings. The van der Waals surface area contributed by atoms with E-state index in [-0.39, 0.29) is 11.9 Å². The molecule has 0 radical (unpaired) electrons. The summed E-state index contributed by atoms with van der Waals surface area (Å²) in [5.74, 6) is -0.00550. The van der Waals surface area contributed by atoms with Crippen LogP contribution in [0, 0.1) is 5.82 Å². The van der Waals surface area contributed by atoms with Gasteiger partial charge in [-0.1, -0.05) is 11.6 Å². The molecule has 1 aliphatic rings. The van der Waals surface area contributed by atoms with Crippen molar-refractivity contribution in [3.05, 3.63) is 46.0 Å². The fraction of sp³-hybridized carbons (Fsp3) is 0.400. The summed E-state index contributed by atoms with van der Waals surface area (Å²) in [5, 5.41) is 8.22. The van der Waals surface area contributed by atoms with Gasteiger partial charge in [0.25, 0.3) is 0 Å². The van der Waals surface area contributed by atoms with Crippen molar-refractivity contribution < 1.29 is 9.13 Å². The van der Waals surface area contributed by atoms with E-state index in [0.717, 1.165) is 29.5 Å². The highest BCUT2D eigenvalue weighted by atomic mass is 35.5. The molecule has 4 nitrogen and oxygen atoms in total. The topological polar surface area (TPSA) is 39.1 Å². The normalized spacial score (nSPS) is 17.0. The van der Waals surface area contributed by atoms with Gasteiger partial charge in [-0.3, -0.25) is 4.68 Å². The van der Waals surface area contributed by atoms with Crippen LogP contribution in [0.25, 0.3) is 0 Å². The predicted octanol–water partition coefficient (Wildman–Crippen LogP) is 3.00. The van der Waals surface area contributed by atoms with Crippen molar-refractivity contribution in [1.82, 2.24) is 15.1 Å². The fourth-order valence-electron chi connectivity index (χ4n) is 2.79. The highest BCUT2D eigenvalue weighted by molar-refractivity contribution is 6.30. The van der Waals surface area contributed by atoms with E-state index >= 15 is 0 Å². The van der Waals surface area contributed by atoms with Gasteiger partial charge < -0.3 is 10.1 Å². The lowest BCUT2D eigenvalue weighted by Crippen LogP contribution is -2.18. The van der Waals surface area contributed by atoms with Crippen molar-refractivity contribution in [3.8, 4) is 5.75 Å². The molecule has 1 aromatic carbocycles. The largest absolute Gasteiger partial charge is 0.494 e. The molecule has 0 spiro atoms. The Morgan fingerprint density at radius 2 is 2.33 bits per heavy atom. The van der Waals surface area contributed by atoms with Gasteiger partial charge >= 0.3 is 0 Å². The maximum Gasteiger partial charge on any atom is 0.165 e. The van der Waals surface area contributed by atoms with Gasteiger partial charge in [-0.25, -0.2) is 4.39 Å². The summed E-state index contributed by atoms with van der Waals surface area (Å²) in [4.78, 5) is 0. The minimum atomic E-state index is -0.299. The van der Waals surface area contributed by atoms with Crippen LogP contribution in [0.4, 0.5) is 4.39 Å². The third-order valence-electron chi connectivity index (χ3n) is 3.97. The average molecular weight is 310 g/mol. The van der Waals surface area contributed by atoms with Gasteiger partial charge in [-0.2, -0.15) is 5.10 Å². The molecule has 6 heteroatoms. The van der Waals surface area contributed by atoms with Gasteiger partial charge in [-0.05, 0) is 36.1 Å². The average Bonchev–Trinajstić information content (AvgIpc) is 3.01. The molecule has 21 heavy (non-hydrogen) atoms. The molecule has 1 unspecified atom stereocenters. The first-order chi connectivity index (χ1) is 10.1. The summed E-state index contributed by atoms with van der Waals surface area (Å²) >= 11 is 6.15. The van der Waals surface area contributed by atoms with Crippen molar-refractivity contribution in [2.45, 2.75) is 25.4 Å². The quantitative estimate of drug-likeness (QED) is 0.943. The van der Waals surface area contributed by atoms with E-state index in [0.29, 0.717) is 17.4 Å². The first kappa shape index (κ1) is 14.4. The number of hydrogen-bond acceptors (Lipinski definition) is 3. The van der Waals surface area contributed by atoms with Crippen LogP contribution < -0.4 is 10.1 Å². The number of fused-ring (bicyclic) bond motifs is 1. The summed E-state index contributed by atoms with van der Waals surface area (Å²) < 4.78 is 20.4. The number of aromatic nitrogens is 2. The minimum absolute atomic E-state index is 0.186. The molecule has 0 fully saturated rings. The standard InChI is InChI=1S/C15H17ClFN3O/c1-20-15(16)10(8-19-20)7-18-13-4-3-9-5-12(17)14(21-2)6-11(9)13/h5-6,8,13,18H,3-4,7H2,1-2H3. The molecule has 0 amide bonds. The number of nitrogens with zero attached hydrogens (tertiary/aromatic N) is 2. The predicted molar refractivity (Wildman–Crippen MR) is 79.1 cm³/mol. The summed E-state index contributed by atoms with van der Waals surface area (Å²) in [6.45, 7) is 0.635. The molecule has 1 aromatic heterocycles. The maximum atomic E-state index is 13.7. The van der Waals surface area contributed by atoms with Crippen LogP contribution in [-0.4, -0.2) is 16.9 Å². The van der Waals surface area contributed by atoms with Crippen LogP contribution in [-0.2, 0) is 20.0 Å². The Labute approximate surface area is 127 Å². The molecule has 1 heterocycles. The number of aryl methyl sites for hydroxylation is 2. The lowest BCUT2D eigenvalue weighted by Gasteiger charge is -2.15. The van der Waals surface area contributed by atoms with E-state index in [4.69, 9.17) is 16.3 Å². The first-order valence-corrected chi connectivity index (χ1v) is 7.24. The second-order valence-electron chi connectivity index (χ2n) is 5.24. The third kappa shape index (κ3) is 2.63. The molecule has 112 valence electrons. The Hall–Kier alpha value is -1.59. The van der Waals surface area contributed by atoms with Gasteiger partial charge in [0.2, 0.25) is 0 Å². The van der Waals surface area contributed by atoms with Crippen LogP contribution in [0.3, 0.4) is 0 Å². The highest BCUT2D eigenvalue weighted by Gasteiger charge is 2.24. The Bertz CT molecular complexity index is 671. The summed E-state index contributed by atoms with van der Waals surface area (Å²) in [6, 6.07) is 3.55. The van der Waals surface area contributed by atoms with Crippen LogP contribution in [0.1, 0.15) is 29.2 Å². The number of halogens is 2. The number of methoxy groups -OCH3 is 1. The molecule has 0 aliphatic heterocycles. The number of benzene rings is 1. The molecule has 1 aliphatic carbocycles. The maximum absolute atomic E-state index is 13.7. The Morgan fingerprint density at radius 3 is 3.00 bits per heavy atom. The number of rotatable bonds is 4. The summed E-state index contributed by atoms with van der Waals surface area (Å²) in [6.07, 6.45) is 3.57. The van der Waals surface area contributed by atoms with Crippen LogP contribution in [0.5, 0.6) is 5.75 Å². The summed E-state index contributed by atoms with van der Waals surface area (Å²) in [7, 11) is 3.29. The van der Waals surface area contributed by atoms with E-state index in [1.54, 1.807) is 23.0 Å². The number of nitrogens with one attached hydrogen (secondary N) is 1. The Kier molecular flexibility index (Phi) is 3.87. The fourth-order valence-corrected chi connectivity index (χ4v) is 2.95. The van der Waals surface area contributed by atoms with E-state index in [1.807, 2.05) is 7.05 Å². The SMILES string of the molecule is COc1cc2c(cc1F)CCC2NCc1cnn(C)c1Cl. The zero-order valence-corrected chi connectivity index (χ0v) is 12.7. The Balaban J connectivity index is 1.77. The molecule has 1 atom stereocenters. The minimum Gasteiger partial charge on any atom is -0.494 e. The van der Waals surface area contributed by atoms with Gasteiger partial charge in [-0.15, -0.1) is 0 Å². The third-order valence-corrected chi connectivity index (χ3v) is 4.45. The molecule has 3 rings (SSSR count). The molecular weight excluding hydrogens is 293 g/mol. The molecule has 0 saturated heterocycles. The van der Waals surface area contributed by atoms with E-state index < -0.39 is 0 Å². The van der Waals surface area contributed by atoms with E-state index in [9.17, 15) is 4.39 Å². The highest BCUT2D eigenvalue weighted by Crippen LogP contribution is 2.35. The second kappa shape index (κ2) is 5.66. The van der Waals surface area contributed by atoms with Gasteiger partial charge in [0.05, 0.1) is 13.3 Å².